The van der Waals surface area contributed by atoms with Crippen molar-refractivity contribution in [3.8, 4) is 10.8 Å². The minimum atomic E-state index is -0.0637. The number of thioether (sulfide) groups is 1. The fourth-order valence-corrected chi connectivity index (χ4v) is 2.48. The lowest BCUT2D eigenvalue weighted by Gasteiger charge is -2.19. The van der Waals surface area contributed by atoms with Gasteiger partial charge in [-0.3, -0.25) is 4.79 Å². The van der Waals surface area contributed by atoms with E-state index < -0.39 is 0 Å². The molecule has 0 aliphatic carbocycles. The molecule has 1 aliphatic heterocycles. The van der Waals surface area contributed by atoms with Crippen LogP contribution in [0.15, 0.2) is 0 Å². The van der Waals surface area contributed by atoms with Crippen LogP contribution in [0.25, 0.3) is 0 Å². The topological polar surface area (TPSA) is 20.3 Å². The lowest BCUT2D eigenvalue weighted by Crippen LogP contribution is -2.34. The number of hydrogen-bond donors (Lipinski definition) is 0. The third kappa shape index (κ3) is 3.61. The SMILES string of the molecule is CC1CSCCN(C(=O)C#CBr)C1. The number of carbonyl (C=O) groups is 1. The zero-order valence-electron chi connectivity index (χ0n) is 7.55. The standard InChI is InChI=1S/C9H12BrNOS/c1-8-6-11(4-5-13-7-8)9(12)2-3-10/h8H,4-7H2,1H3. The molecule has 0 aromatic rings. The normalized spacial score (nSPS) is 22.9. The molecule has 0 spiro atoms. The van der Waals surface area contributed by atoms with E-state index in [9.17, 15) is 4.79 Å². The van der Waals surface area contributed by atoms with E-state index in [1.54, 1.807) is 0 Å². The third-order valence-corrected chi connectivity index (χ3v) is 3.36. The Hall–Kier alpha value is -0.140. The molecule has 0 N–H and O–H groups in total. The second-order valence-corrected chi connectivity index (χ2v) is 4.70. The highest BCUT2D eigenvalue weighted by Gasteiger charge is 2.17. The summed E-state index contributed by atoms with van der Waals surface area (Å²) < 4.78 is 0. The average Bonchev–Trinajstić information content (AvgIpc) is 2.30. The van der Waals surface area contributed by atoms with Gasteiger partial charge in [0, 0.05) is 40.7 Å². The lowest BCUT2D eigenvalue weighted by molar-refractivity contribution is -0.125. The summed E-state index contributed by atoms with van der Waals surface area (Å²) in [4.78, 5) is 15.7. The van der Waals surface area contributed by atoms with Crippen LogP contribution in [-0.4, -0.2) is 35.4 Å². The molecule has 0 bridgehead atoms. The highest BCUT2D eigenvalue weighted by Crippen LogP contribution is 2.14. The molecular weight excluding hydrogens is 250 g/mol. The van der Waals surface area contributed by atoms with Gasteiger partial charge < -0.3 is 4.90 Å². The molecular formula is C9H12BrNOS. The predicted octanol–water partition coefficient (Wildman–Crippen LogP) is 1.55. The highest BCUT2D eigenvalue weighted by molar-refractivity contribution is 9.12. The predicted molar refractivity (Wildman–Crippen MR) is 59.8 cm³/mol. The van der Waals surface area contributed by atoms with Crippen LogP contribution >= 0.6 is 27.7 Å². The summed E-state index contributed by atoms with van der Waals surface area (Å²) in [7, 11) is 0. The van der Waals surface area contributed by atoms with E-state index in [1.807, 2.05) is 16.7 Å². The van der Waals surface area contributed by atoms with Crippen LogP contribution in [0.3, 0.4) is 0 Å². The number of halogens is 1. The summed E-state index contributed by atoms with van der Waals surface area (Å²) in [6.07, 6.45) is 0. The molecule has 0 radical (unpaired) electrons. The molecule has 0 saturated carbocycles. The quantitative estimate of drug-likeness (QED) is 0.617. The molecule has 2 nitrogen and oxygen atoms in total. The van der Waals surface area contributed by atoms with Gasteiger partial charge in [-0.05, 0) is 16.5 Å². The Labute approximate surface area is 91.6 Å². The van der Waals surface area contributed by atoms with Crippen LogP contribution in [0.2, 0.25) is 0 Å². The second kappa shape index (κ2) is 5.56. The van der Waals surface area contributed by atoms with E-state index in [0.29, 0.717) is 5.92 Å². The number of rotatable bonds is 0. The van der Waals surface area contributed by atoms with Crippen molar-refractivity contribution in [3.63, 3.8) is 0 Å². The van der Waals surface area contributed by atoms with Gasteiger partial charge in [0.15, 0.2) is 0 Å². The van der Waals surface area contributed by atoms with E-state index in [0.717, 1.165) is 24.6 Å². The molecule has 4 heteroatoms. The molecule has 1 heterocycles. The van der Waals surface area contributed by atoms with Gasteiger partial charge >= 0.3 is 0 Å². The Morgan fingerprint density at radius 1 is 1.69 bits per heavy atom. The summed E-state index contributed by atoms with van der Waals surface area (Å²) >= 11 is 4.85. The first kappa shape index (κ1) is 10.9. The molecule has 0 aromatic carbocycles. The molecule has 13 heavy (non-hydrogen) atoms. The Kier molecular flexibility index (Phi) is 4.68. The van der Waals surface area contributed by atoms with E-state index in [-0.39, 0.29) is 5.91 Å². The van der Waals surface area contributed by atoms with Crippen LogP contribution in [0.5, 0.6) is 0 Å². The van der Waals surface area contributed by atoms with Gasteiger partial charge in [0.05, 0.1) is 0 Å². The fraction of sp³-hybridized carbons (Fsp3) is 0.667. The minimum Gasteiger partial charge on any atom is -0.331 e. The molecule has 72 valence electrons. The van der Waals surface area contributed by atoms with Crippen molar-refractivity contribution in [1.29, 1.82) is 0 Å². The van der Waals surface area contributed by atoms with E-state index in [2.05, 4.69) is 33.6 Å². The van der Waals surface area contributed by atoms with Gasteiger partial charge in [-0.25, -0.2) is 0 Å². The summed E-state index contributed by atoms with van der Waals surface area (Å²) in [5.41, 5.74) is 0. The van der Waals surface area contributed by atoms with Crippen LogP contribution in [-0.2, 0) is 4.79 Å². The molecule has 1 aliphatic rings. The van der Waals surface area contributed by atoms with E-state index >= 15 is 0 Å². The summed E-state index contributed by atoms with van der Waals surface area (Å²) in [5.74, 6) is 5.19. The number of nitrogens with zero attached hydrogens (tertiary/aromatic N) is 1. The number of amides is 1. The first-order valence-corrected chi connectivity index (χ1v) is 6.17. The fourth-order valence-electron chi connectivity index (χ4n) is 1.28. The zero-order valence-corrected chi connectivity index (χ0v) is 9.95. The smallest absolute Gasteiger partial charge is 0.299 e. The first-order valence-electron chi connectivity index (χ1n) is 4.22. The van der Waals surface area contributed by atoms with Crippen LogP contribution < -0.4 is 0 Å². The van der Waals surface area contributed by atoms with Crippen LogP contribution in [0.1, 0.15) is 6.92 Å². The Bertz CT molecular complexity index is 246. The van der Waals surface area contributed by atoms with Crippen molar-refractivity contribution in [2.24, 2.45) is 5.92 Å². The number of hydrogen-bond acceptors (Lipinski definition) is 2. The maximum atomic E-state index is 11.4. The molecule has 0 aromatic heterocycles. The van der Waals surface area contributed by atoms with E-state index in [4.69, 9.17) is 0 Å². The van der Waals surface area contributed by atoms with Crippen molar-refractivity contribution >= 4 is 33.6 Å². The van der Waals surface area contributed by atoms with Crippen molar-refractivity contribution < 1.29 is 4.79 Å². The minimum absolute atomic E-state index is 0.0637. The Morgan fingerprint density at radius 3 is 3.15 bits per heavy atom. The van der Waals surface area contributed by atoms with Gasteiger partial charge in [-0.1, -0.05) is 6.92 Å². The van der Waals surface area contributed by atoms with Crippen LogP contribution in [0.4, 0.5) is 0 Å². The van der Waals surface area contributed by atoms with Gasteiger partial charge in [0.25, 0.3) is 5.91 Å². The zero-order chi connectivity index (χ0) is 9.68. The monoisotopic (exact) mass is 261 g/mol. The molecule has 1 unspecified atom stereocenters. The third-order valence-electron chi connectivity index (χ3n) is 1.88. The number of carbonyl (C=O) groups excluding carboxylic acids is 1. The molecule has 1 amide bonds. The van der Waals surface area contributed by atoms with Gasteiger partial charge in [-0.15, -0.1) is 0 Å². The van der Waals surface area contributed by atoms with Crippen molar-refractivity contribution in [2.75, 3.05) is 24.6 Å². The largest absolute Gasteiger partial charge is 0.331 e. The maximum absolute atomic E-state index is 11.4. The van der Waals surface area contributed by atoms with Gasteiger partial charge in [0.1, 0.15) is 0 Å². The van der Waals surface area contributed by atoms with Crippen molar-refractivity contribution in [2.45, 2.75) is 6.92 Å². The van der Waals surface area contributed by atoms with Crippen molar-refractivity contribution in [3.05, 3.63) is 0 Å². The van der Waals surface area contributed by atoms with Gasteiger partial charge in [0.2, 0.25) is 0 Å². The summed E-state index contributed by atoms with van der Waals surface area (Å²) in [6, 6.07) is 0. The summed E-state index contributed by atoms with van der Waals surface area (Å²) in [6.45, 7) is 3.84. The maximum Gasteiger partial charge on any atom is 0.299 e. The van der Waals surface area contributed by atoms with Crippen molar-refractivity contribution in [1.82, 2.24) is 4.90 Å². The molecule has 1 rings (SSSR count). The first-order chi connectivity index (χ1) is 6.24. The molecule has 1 saturated heterocycles. The van der Waals surface area contributed by atoms with Crippen LogP contribution in [0, 0.1) is 16.7 Å². The highest BCUT2D eigenvalue weighted by atomic mass is 79.9. The lowest BCUT2D eigenvalue weighted by atomic mass is 10.2. The average molecular weight is 262 g/mol. The Balaban J connectivity index is 2.55. The summed E-state index contributed by atoms with van der Waals surface area (Å²) in [5, 5.41) is 0. The van der Waals surface area contributed by atoms with E-state index in [1.165, 1.54) is 0 Å². The molecule has 1 atom stereocenters. The van der Waals surface area contributed by atoms with Gasteiger partial charge in [-0.2, -0.15) is 11.8 Å². The Morgan fingerprint density at radius 2 is 2.46 bits per heavy atom. The molecule has 1 fully saturated rings. The second-order valence-electron chi connectivity index (χ2n) is 3.15.